The van der Waals surface area contributed by atoms with Crippen LogP contribution in [0.1, 0.15) is 23.4 Å². The van der Waals surface area contributed by atoms with Crippen molar-refractivity contribution < 1.29 is 9.90 Å². The van der Waals surface area contributed by atoms with Crippen molar-refractivity contribution in [3.05, 3.63) is 29.0 Å². The van der Waals surface area contributed by atoms with Crippen LogP contribution in [0, 0.1) is 6.92 Å². The fourth-order valence-electron chi connectivity index (χ4n) is 2.08. The predicted molar refractivity (Wildman–Crippen MR) is 65.2 cm³/mol. The molecule has 4 nitrogen and oxygen atoms in total. The molecule has 1 aliphatic carbocycles. The Morgan fingerprint density at radius 1 is 1.59 bits per heavy atom. The van der Waals surface area contributed by atoms with E-state index in [-0.39, 0.29) is 0 Å². The van der Waals surface area contributed by atoms with E-state index in [1.165, 1.54) is 11.3 Å². The quantitative estimate of drug-likeness (QED) is 0.877. The molecule has 0 bridgehead atoms. The van der Waals surface area contributed by atoms with E-state index in [1.807, 2.05) is 25.4 Å². The average molecular weight is 248 g/mol. The fourth-order valence-corrected chi connectivity index (χ4v) is 3.38. The first kappa shape index (κ1) is 10.5. The van der Waals surface area contributed by atoms with Crippen molar-refractivity contribution in [3.63, 3.8) is 0 Å². The van der Waals surface area contributed by atoms with Gasteiger partial charge in [-0.3, -0.25) is 4.79 Å². The van der Waals surface area contributed by atoms with Gasteiger partial charge in [-0.05, 0) is 25.8 Å². The zero-order valence-corrected chi connectivity index (χ0v) is 10.2. The number of aliphatic carboxylic acids is 1. The average Bonchev–Trinajstić information content (AvgIpc) is 2.74. The number of carboxylic acid groups (broad SMARTS) is 1. The maximum Gasteiger partial charge on any atom is 0.315 e. The third-order valence-corrected chi connectivity index (χ3v) is 4.65. The fraction of sp³-hybridized carbons (Fsp3) is 0.333. The molecule has 2 heterocycles. The lowest BCUT2D eigenvalue weighted by Gasteiger charge is -2.06. The van der Waals surface area contributed by atoms with Crippen molar-refractivity contribution in [2.75, 3.05) is 0 Å². The highest BCUT2D eigenvalue weighted by Crippen LogP contribution is 2.52. The third kappa shape index (κ3) is 1.50. The molecular formula is C12H12N2O2S. The van der Waals surface area contributed by atoms with E-state index in [0.717, 1.165) is 34.0 Å². The summed E-state index contributed by atoms with van der Waals surface area (Å²) in [7, 11) is 0. The van der Waals surface area contributed by atoms with Crippen molar-refractivity contribution in [1.82, 2.24) is 9.97 Å². The van der Waals surface area contributed by atoms with Gasteiger partial charge in [-0.25, -0.2) is 4.98 Å². The van der Waals surface area contributed by atoms with E-state index in [9.17, 15) is 9.90 Å². The first-order valence-electron chi connectivity index (χ1n) is 5.48. The molecule has 88 valence electrons. The number of H-pyrrole nitrogens is 1. The van der Waals surface area contributed by atoms with E-state index in [2.05, 4.69) is 9.97 Å². The molecule has 0 radical (unpaired) electrons. The van der Waals surface area contributed by atoms with Crippen molar-refractivity contribution in [1.29, 1.82) is 0 Å². The number of carboxylic acids is 1. The first-order chi connectivity index (χ1) is 8.13. The SMILES string of the molecule is Cc1nc(-c2cc[nH]c2)sc1C1(C(=O)O)CC1. The Balaban J connectivity index is 2.06. The monoisotopic (exact) mass is 248 g/mol. The number of hydrogen-bond acceptors (Lipinski definition) is 3. The summed E-state index contributed by atoms with van der Waals surface area (Å²) in [4.78, 5) is 19.7. The first-order valence-corrected chi connectivity index (χ1v) is 6.29. The maximum atomic E-state index is 11.3. The van der Waals surface area contributed by atoms with Crippen LogP contribution < -0.4 is 0 Å². The molecule has 1 aliphatic rings. The Bertz CT molecular complexity index is 567. The van der Waals surface area contributed by atoms with E-state index in [0.29, 0.717) is 0 Å². The number of nitrogens with one attached hydrogen (secondary N) is 1. The minimum atomic E-state index is -0.718. The van der Waals surface area contributed by atoms with Crippen LogP contribution in [0.15, 0.2) is 18.5 Å². The maximum absolute atomic E-state index is 11.3. The number of aromatic amines is 1. The molecule has 0 aliphatic heterocycles. The number of thiazole rings is 1. The van der Waals surface area contributed by atoms with Gasteiger partial charge in [0.25, 0.3) is 0 Å². The van der Waals surface area contributed by atoms with Crippen LogP contribution in [0.4, 0.5) is 0 Å². The molecule has 2 N–H and O–H groups in total. The number of nitrogens with zero attached hydrogens (tertiary/aromatic N) is 1. The van der Waals surface area contributed by atoms with Gasteiger partial charge >= 0.3 is 5.97 Å². The second kappa shape index (κ2) is 3.43. The van der Waals surface area contributed by atoms with Gasteiger partial charge in [-0.15, -0.1) is 11.3 Å². The normalized spacial score (nSPS) is 17.0. The van der Waals surface area contributed by atoms with Crippen LogP contribution in [0.2, 0.25) is 0 Å². The number of carbonyl (C=O) groups is 1. The highest BCUT2D eigenvalue weighted by Gasteiger charge is 2.54. The molecule has 0 saturated heterocycles. The molecule has 0 unspecified atom stereocenters. The largest absolute Gasteiger partial charge is 0.481 e. The van der Waals surface area contributed by atoms with Crippen molar-refractivity contribution in [2.45, 2.75) is 25.2 Å². The minimum Gasteiger partial charge on any atom is -0.481 e. The summed E-state index contributed by atoms with van der Waals surface area (Å²) in [6.07, 6.45) is 5.19. The lowest BCUT2D eigenvalue weighted by molar-refractivity contribution is -0.139. The number of aryl methyl sites for hydroxylation is 1. The summed E-state index contributed by atoms with van der Waals surface area (Å²) in [5.74, 6) is -0.718. The van der Waals surface area contributed by atoms with Crippen LogP contribution >= 0.6 is 11.3 Å². The number of hydrogen-bond donors (Lipinski definition) is 2. The third-order valence-electron chi connectivity index (χ3n) is 3.24. The summed E-state index contributed by atoms with van der Waals surface area (Å²) in [6.45, 7) is 1.89. The Labute approximate surface area is 102 Å². The van der Waals surface area contributed by atoms with E-state index >= 15 is 0 Å². The van der Waals surface area contributed by atoms with E-state index < -0.39 is 11.4 Å². The zero-order chi connectivity index (χ0) is 12.0. The van der Waals surface area contributed by atoms with Crippen molar-refractivity contribution in [3.8, 4) is 10.6 Å². The van der Waals surface area contributed by atoms with Crippen LogP contribution in [0.5, 0.6) is 0 Å². The van der Waals surface area contributed by atoms with E-state index in [1.54, 1.807) is 0 Å². The molecule has 0 amide bonds. The highest BCUT2D eigenvalue weighted by molar-refractivity contribution is 7.15. The topological polar surface area (TPSA) is 66.0 Å². The molecule has 5 heteroatoms. The highest BCUT2D eigenvalue weighted by atomic mass is 32.1. The molecule has 17 heavy (non-hydrogen) atoms. The van der Waals surface area contributed by atoms with Gasteiger partial charge in [-0.1, -0.05) is 0 Å². The van der Waals surface area contributed by atoms with Crippen molar-refractivity contribution in [2.24, 2.45) is 0 Å². The summed E-state index contributed by atoms with van der Waals surface area (Å²) in [6, 6.07) is 1.95. The minimum absolute atomic E-state index is 0.643. The number of aromatic nitrogens is 2. The molecule has 0 atom stereocenters. The number of rotatable bonds is 3. The lowest BCUT2D eigenvalue weighted by atomic mass is 10.0. The van der Waals surface area contributed by atoms with Gasteiger partial charge in [0, 0.05) is 22.8 Å². The van der Waals surface area contributed by atoms with Crippen LogP contribution in [-0.4, -0.2) is 21.0 Å². The lowest BCUT2D eigenvalue weighted by Crippen LogP contribution is -2.18. The molecule has 2 aromatic heterocycles. The van der Waals surface area contributed by atoms with Crippen LogP contribution in [-0.2, 0) is 10.2 Å². The predicted octanol–water partition coefficient (Wildman–Crippen LogP) is 2.56. The van der Waals surface area contributed by atoms with Gasteiger partial charge in [0.2, 0.25) is 0 Å². The van der Waals surface area contributed by atoms with Gasteiger partial charge in [0.1, 0.15) is 10.4 Å². The van der Waals surface area contributed by atoms with Crippen molar-refractivity contribution >= 4 is 17.3 Å². The van der Waals surface area contributed by atoms with Gasteiger partial charge < -0.3 is 10.1 Å². The second-order valence-corrected chi connectivity index (χ2v) is 5.42. The molecule has 0 aromatic carbocycles. The second-order valence-electron chi connectivity index (χ2n) is 4.42. The van der Waals surface area contributed by atoms with Gasteiger partial charge in [-0.2, -0.15) is 0 Å². The Morgan fingerprint density at radius 3 is 2.88 bits per heavy atom. The van der Waals surface area contributed by atoms with Gasteiger partial charge in [0.05, 0.1) is 5.69 Å². The zero-order valence-electron chi connectivity index (χ0n) is 9.36. The summed E-state index contributed by atoms with van der Waals surface area (Å²) >= 11 is 1.50. The van der Waals surface area contributed by atoms with Crippen LogP contribution in [0.3, 0.4) is 0 Å². The smallest absolute Gasteiger partial charge is 0.315 e. The summed E-state index contributed by atoms with van der Waals surface area (Å²) < 4.78 is 0. The molecule has 1 saturated carbocycles. The summed E-state index contributed by atoms with van der Waals surface area (Å²) in [5.41, 5.74) is 1.23. The summed E-state index contributed by atoms with van der Waals surface area (Å²) in [5, 5.41) is 10.2. The standard InChI is InChI=1S/C12H12N2O2S/c1-7-9(12(3-4-12)11(15)16)17-10(14-7)8-2-5-13-6-8/h2,5-6,13H,3-4H2,1H3,(H,15,16). The molecule has 3 rings (SSSR count). The van der Waals surface area contributed by atoms with Crippen LogP contribution in [0.25, 0.3) is 10.6 Å². The molecule has 0 spiro atoms. The Hall–Kier alpha value is -1.62. The Kier molecular flexibility index (Phi) is 2.13. The van der Waals surface area contributed by atoms with Gasteiger partial charge in [0.15, 0.2) is 0 Å². The molecular weight excluding hydrogens is 236 g/mol. The molecule has 1 fully saturated rings. The Morgan fingerprint density at radius 2 is 2.35 bits per heavy atom. The molecule has 2 aromatic rings. The van der Waals surface area contributed by atoms with E-state index in [4.69, 9.17) is 0 Å².